The Labute approximate surface area is 217 Å². The molecule has 0 unspecified atom stereocenters. The van der Waals surface area contributed by atoms with Crippen LogP contribution in [0.3, 0.4) is 0 Å². The highest BCUT2D eigenvalue weighted by Crippen LogP contribution is 2.20. The summed E-state index contributed by atoms with van der Waals surface area (Å²) in [7, 11) is 1.51. The molecule has 11 nitrogen and oxygen atoms in total. The van der Waals surface area contributed by atoms with Crippen molar-refractivity contribution >= 4 is 34.4 Å². The van der Waals surface area contributed by atoms with E-state index < -0.39 is 41.3 Å². The van der Waals surface area contributed by atoms with Crippen molar-refractivity contribution < 1.29 is 28.2 Å². The molecule has 2 aromatic carbocycles. The average molecular weight is 548 g/mol. The summed E-state index contributed by atoms with van der Waals surface area (Å²) in [4.78, 5) is 54.4. The molecule has 2 aromatic heterocycles. The first-order valence-electron chi connectivity index (χ1n) is 11.1. The molecule has 4 rings (SSSR count). The largest absolute Gasteiger partial charge is 0.471 e. The van der Waals surface area contributed by atoms with Crippen molar-refractivity contribution in [2.24, 2.45) is 0 Å². The van der Waals surface area contributed by atoms with Gasteiger partial charge in [-0.15, -0.1) is 0 Å². The number of rotatable bonds is 8. The molecule has 2 heterocycles. The van der Waals surface area contributed by atoms with Crippen LogP contribution in [0.4, 0.5) is 8.78 Å². The van der Waals surface area contributed by atoms with E-state index in [1.54, 1.807) is 0 Å². The van der Waals surface area contributed by atoms with Crippen LogP contribution in [0.5, 0.6) is 5.88 Å². The lowest BCUT2D eigenvalue weighted by atomic mass is 10.2. The number of nitrogens with zero attached hydrogens (tertiary/aromatic N) is 4. The maximum Gasteiger partial charge on any atom is 0.342 e. The molecule has 0 spiro atoms. The summed E-state index contributed by atoms with van der Waals surface area (Å²) in [6.45, 7) is -1.57. The van der Waals surface area contributed by atoms with Crippen molar-refractivity contribution in [3.8, 4) is 5.88 Å². The van der Waals surface area contributed by atoms with E-state index in [9.17, 15) is 33.1 Å². The van der Waals surface area contributed by atoms with E-state index >= 15 is 0 Å². The van der Waals surface area contributed by atoms with Crippen molar-refractivity contribution in [2.75, 3.05) is 20.2 Å². The zero-order valence-electron chi connectivity index (χ0n) is 19.8. The molecule has 0 aliphatic rings. The molecule has 2 N–H and O–H groups in total. The standard InChI is InChI=1S/C24H20ClF2N5O6/c1-28-8-19(34)32-18-6-13(2-5-17(18)31(24(32)37)20(35)10-33)9-30-12-29-22(21(25)23(30)36)38-11-14-3-4-15(26)7-16(14)27/h2-7,12,28,33H,8-11H2,1H3. The summed E-state index contributed by atoms with van der Waals surface area (Å²) in [5.74, 6) is -3.37. The van der Waals surface area contributed by atoms with Gasteiger partial charge in [0.25, 0.3) is 11.5 Å². The molecule has 0 bridgehead atoms. The SMILES string of the molecule is CNCC(=O)n1c(=O)n(C(=O)CO)c2ccc(Cn3cnc(OCc4ccc(F)cc4F)c(Cl)c3=O)cc21. The number of hydrogen-bond donors (Lipinski definition) is 2. The lowest BCUT2D eigenvalue weighted by Crippen LogP contribution is -2.36. The molecule has 0 fully saturated rings. The Hall–Kier alpha value is -4.20. The number of fused-ring (bicyclic) bond motifs is 1. The van der Waals surface area contributed by atoms with Gasteiger partial charge in [0.05, 0.1) is 24.1 Å². The minimum absolute atomic E-state index is 0.0345. The summed E-state index contributed by atoms with van der Waals surface area (Å²) < 4.78 is 34.9. The molecule has 0 saturated heterocycles. The summed E-state index contributed by atoms with van der Waals surface area (Å²) in [5, 5.41) is 11.5. The van der Waals surface area contributed by atoms with Crippen molar-refractivity contribution in [1.29, 1.82) is 0 Å². The Bertz CT molecular complexity index is 1680. The van der Waals surface area contributed by atoms with E-state index in [4.69, 9.17) is 16.3 Å². The van der Waals surface area contributed by atoms with Gasteiger partial charge < -0.3 is 15.2 Å². The number of imidazole rings is 1. The molecule has 14 heteroatoms. The Kier molecular flexibility index (Phi) is 7.80. The van der Waals surface area contributed by atoms with Gasteiger partial charge in [0.1, 0.15) is 31.2 Å². The maximum atomic E-state index is 13.8. The minimum atomic E-state index is -0.942. The van der Waals surface area contributed by atoms with Crippen LogP contribution in [0.25, 0.3) is 11.0 Å². The number of aliphatic hydroxyl groups excluding tert-OH is 1. The predicted molar refractivity (Wildman–Crippen MR) is 132 cm³/mol. The third kappa shape index (κ3) is 5.11. The fourth-order valence-corrected chi connectivity index (χ4v) is 3.98. The van der Waals surface area contributed by atoms with E-state index in [0.29, 0.717) is 16.2 Å². The van der Waals surface area contributed by atoms with Crippen LogP contribution < -0.4 is 21.3 Å². The van der Waals surface area contributed by atoms with Crippen molar-refractivity contribution in [1.82, 2.24) is 24.0 Å². The van der Waals surface area contributed by atoms with E-state index in [1.807, 2.05) is 0 Å². The molecule has 0 aliphatic carbocycles. The highest BCUT2D eigenvalue weighted by Gasteiger charge is 2.22. The van der Waals surface area contributed by atoms with Crippen molar-refractivity contribution in [3.63, 3.8) is 0 Å². The van der Waals surface area contributed by atoms with Crippen LogP contribution >= 0.6 is 11.6 Å². The van der Waals surface area contributed by atoms with Crippen LogP contribution in [0, 0.1) is 11.6 Å². The first-order valence-corrected chi connectivity index (χ1v) is 11.4. The smallest absolute Gasteiger partial charge is 0.342 e. The van der Waals surface area contributed by atoms with Gasteiger partial charge in [-0.05, 0) is 36.9 Å². The number of halogens is 3. The summed E-state index contributed by atoms with van der Waals surface area (Å²) in [5.41, 5.74) is -0.928. The number of hydrogen-bond acceptors (Lipinski definition) is 8. The third-order valence-electron chi connectivity index (χ3n) is 5.55. The number of benzene rings is 2. The summed E-state index contributed by atoms with van der Waals surface area (Å²) in [6.07, 6.45) is 1.15. The van der Waals surface area contributed by atoms with Crippen LogP contribution in [-0.2, 0) is 13.2 Å². The first kappa shape index (κ1) is 26.9. The van der Waals surface area contributed by atoms with Crippen LogP contribution in [0.2, 0.25) is 5.02 Å². The fraction of sp³-hybridized carbons (Fsp3) is 0.208. The molecular weight excluding hydrogens is 528 g/mol. The van der Waals surface area contributed by atoms with Crippen molar-refractivity contribution in [2.45, 2.75) is 13.2 Å². The molecule has 0 radical (unpaired) electrons. The summed E-state index contributed by atoms with van der Waals surface area (Å²) in [6, 6.07) is 7.34. The Morgan fingerprint density at radius 2 is 1.82 bits per heavy atom. The molecule has 0 amide bonds. The molecular formula is C24H20ClF2N5O6. The second-order valence-electron chi connectivity index (χ2n) is 8.07. The molecule has 198 valence electrons. The molecule has 38 heavy (non-hydrogen) atoms. The van der Waals surface area contributed by atoms with Gasteiger partial charge in [0.2, 0.25) is 11.8 Å². The van der Waals surface area contributed by atoms with Crippen LogP contribution in [0.15, 0.2) is 52.3 Å². The molecule has 0 aliphatic heterocycles. The van der Waals surface area contributed by atoms with Gasteiger partial charge in [-0.25, -0.2) is 27.7 Å². The van der Waals surface area contributed by atoms with Gasteiger partial charge >= 0.3 is 5.69 Å². The number of ether oxygens (including phenoxy) is 1. The van der Waals surface area contributed by atoms with Crippen molar-refractivity contribution in [3.05, 3.63) is 91.3 Å². The topological polar surface area (TPSA) is 137 Å². The number of carbonyl (C=O) groups is 2. The number of nitrogens with one attached hydrogen (secondary N) is 1. The van der Waals surface area contributed by atoms with Gasteiger partial charge in [-0.3, -0.25) is 19.0 Å². The van der Waals surface area contributed by atoms with Gasteiger partial charge in [-0.1, -0.05) is 17.7 Å². The Morgan fingerprint density at radius 3 is 2.50 bits per heavy atom. The highest BCUT2D eigenvalue weighted by molar-refractivity contribution is 6.31. The van der Waals surface area contributed by atoms with Crippen LogP contribution in [0.1, 0.15) is 20.7 Å². The van der Waals surface area contributed by atoms with E-state index in [1.165, 1.54) is 31.3 Å². The predicted octanol–water partition coefficient (Wildman–Crippen LogP) is 1.41. The quantitative estimate of drug-likeness (QED) is 0.338. The number of aromatic nitrogens is 4. The monoisotopic (exact) mass is 547 g/mol. The van der Waals surface area contributed by atoms with Gasteiger partial charge in [0, 0.05) is 11.6 Å². The third-order valence-corrected chi connectivity index (χ3v) is 5.87. The highest BCUT2D eigenvalue weighted by atomic mass is 35.5. The summed E-state index contributed by atoms with van der Waals surface area (Å²) >= 11 is 6.13. The lowest BCUT2D eigenvalue weighted by molar-refractivity contribution is 0.0817. The van der Waals surface area contributed by atoms with E-state index in [0.717, 1.165) is 21.5 Å². The fourth-order valence-electron chi connectivity index (χ4n) is 3.77. The number of likely N-dealkylation sites (N-methyl/N-ethyl adjacent to an activating group) is 1. The second kappa shape index (κ2) is 11.0. The zero-order valence-corrected chi connectivity index (χ0v) is 20.5. The van der Waals surface area contributed by atoms with Crippen LogP contribution in [-0.4, -0.2) is 55.8 Å². The average Bonchev–Trinajstić information content (AvgIpc) is 3.18. The minimum Gasteiger partial charge on any atom is -0.471 e. The Balaban J connectivity index is 1.65. The normalized spacial score (nSPS) is 11.2. The molecule has 4 aromatic rings. The van der Waals surface area contributed by atoms with Gasteiger partial charge in [-0.2, -0.15) is 0 Å². The number of aliphatic hydroxyl groups is 1. The maximum absolute atomic E-state index is 13.8. The first-order chi connectivity index (χ1) is 18.2. The molecule has 0 saturated carbocycles. The van der Waals surface area contributed by atoms with E-state index in [2.05, 4.69) is 10.3 Å². The zero-order chi connectivity index (χ0) is 27.6. The second-order valence-corrected chi connectivity index (χ2v) is 8.45. The molecule has 0 atom stereocenters. The van der Waals surface area contributed by atoms with E-state index in [-0.39, 0.29) is 47.2 Å². The lowest BCUT2D eigenvalue weighted by Gasteiger charge is -2.11. The number of carbonyl (C=O) groups excluding carboxylic acids is 2. The van der Waals surface area contributed by atoms with Gasteiger partial charge in [0.15, 0.2) is 5.02 Å². The Morgan fingerprint density at radius 1 is 1.08 bits per heavy atom.